The van der Waals surface area contributed by atoms with Crippen LogP contribution in [0.15, 0.2) is 30.3 Å². The van der Waals surface area contributed by atoms with Gasteiger partial charge in [0.15, 0.2) is 0 Å². The van der Waals surface area contributed by atoms with Gasteiger partial charge in [-0.25, -0.2) is 4.79 Å². The number of rotatable bonds is 4. The molecule has 1 rings (SSSR count). The Kier molecular flexibility index (Phi) is 4.24. The third-order valence-electron chi connectivity index (χ3n) is 1.76. The first kappa shape index (κ1) is 11.1. The molecule has 3 heteroatoms. The first-order valence-electron chi connectivity index (χ1n) is 4.58. The van der Waals surface area contributed by atoms with Crippen LogP contribution in [-0.2, 0) is 4.79 Å². The molecule has 0 radical (unpaired) electrons. The molecule has 0 amide bonds. The van der Waals surface area contributed by atoms with Crippen molar-refractivity contribution in [2.45, 2.75) is 19.4 Å². The minimum Gasteiger partial charge on any atom is -0.478 e. The number of para-hydroxylation sites is 1. The lowest BCUT2D eigenvalue weighted by atomic mass is 10.2. The minimum atomic E-state index is -0.999. The van der Waals surface area contributed by atoms with E-state index in [1.165, 1.54) is 0 Å². The van der Waals surface area contributed by atoms with Crippen molar-refractivity contribution in [2.75, 3.05) is 0 Å². The van der Waals surface area contributed by atoms with Crippen LogP contribution < -0.4 is 4.74 Å². The highest BCUT2D eigenvalue weighted by molar-refractivity contribution is 5.73. The number of aliphatic carboxylic acids is 1. The molecule has 0 saturated heterocycles. The van der Waals surface area contributed by atoms with Gasteiger partial charge in [0.25, 0.3) is 0 Å². The molecule has 1 atom stereocenters. The Morgan fingerprint density at radius 2 is 2.13 bits per heavy atom. The first-order chi connectivity index (χ1) is 7.24. The Morgan fingerprint density at radius 3 is 2.67 bits per heavy atom. The summed E-state index contributed by atoms with van der Waals surface area (Å²) in [5.41, 5.74) is 0. The van der Waals surface area contributed by atoms with Gasteiger partial charge in [0.05, 0.1) is 6.42 Å². The molecule has 0 aliphatic heterocycles. The first-order valence-corrected chi connectivity index (χ1v) is 4.58. The lowest BCUT2D eigenvalue weighted by Gasteiger charge is -2.12. The lowest BCUT2D eigenvalue weighted by molar-refractivity contribution is -0.144. The van der Waals surface area contributed by atoms with Gasteiger partial charge >= 0.3 is 5.97 Å². The standard InChI is InChI=1S/C12H12O3/c1-2-3-9-11(12(13)14)15-10-7-5-4-6-8-10/h4-8,11H,9H2,1H3,(H,13,14). The lowest BCUT2D eigenvalue weighted by Crippen LogP contribution is -2.26. The fourth-order valence-corrected chi connectivity index (χ4v) is 1.04. The van der Waals surface area contributed by atoms with Gasteiger partial charge in [-0.3, -0.25) is 0 Å². The minimum absolute atomic E-state index is 0.195. The number of carboxylic acids is 1. The number of benzene rings is 1. The van der Waals surface area contributed by atoms with Crippen molar-refractivity contribution in [3.8, 4) is 17.6 Å². The summed E-state index contributed by atoms with van der Waals surface area (Å²) in [6.07, 6.45) is -0.708. The van der Waals surface area contributed by atoms with Crippen molar-refractivity contribution >= 4 is 5.97 Å². The van der Waals surface area contributed by atoms with Gasteiger partial charge in [0.1, 0.15) is 5.75 Å². The van der Waals surface area contributed by atoms with Gasteiger partial charge in [0.2, 0.25) is 6.10 Å². The summed E-state index contributed by atoms with van der Waals surface area (Å²) in [6, 6.07) is 8.86. The topological polar surface area (TPSA) is 46.5 Å². The highest BCUT2D eigenvalue weighted by atomic mass is 16.5. The average molecular weight is 204 g/mol. The predicted molar refractivity (Wildman–Crippen MR) is 56.6 cm³/mol. The van der Waals surface area contributed by atoms with E-state index in [0.717, 1.165) is 0 Å². The molecule has 1 aromatic carbocycles. The highest BCUT2D eigenvalue weighted by Crippen LogP contribution is 2.12. The van der Waals surface area contributed by atoms with Gasteiger partial charge in [-0.1, -0.05) is 24.1 Å². The molecule has 1 aromatic rings. The van der Waals surface area contributed by atoms with Gasteiger partial charge < -0.3 is 9.84 Å². The Bertz CT molecular complexity index is 373. The van der Waals surface area contributed by atoms with Gasteiger partial charge in [-0.15, -0.1) is 5.92 Å². The fourth-order valence-electron chi connectivity index (χ4n) is 1.04. The molecule has 0 aliphatic rings. The van der Waals surface area contributed by atoms with Crippen LogP contribution in [-0.4, -0.2) is 17.2 Å². The second kappa shape index (κ2) is 5.71. The second-order valence-corrected chi connectivity index (χ2v) is 2.89. The zero-order valence-electron chi connectivity index (χ0n) is 8.43. The Morgan fingerprint density at radius 1 is 1.47 bits per heavy atom. The molecule has 0 aromatic heterocycles. The van der Waals surface area contributed by atoms with Gasteiger partial charge in [0, 0.05) is 0 Å². The maximum atomic E-state index is 10.8. The van der Waals surface area contributed by atoms with Crippen LogP contribution in [0.25, 0.3) is 0 Å². The summed E-state index contributed by atoms with van der Waals surface area (Å²) in [5, 5.41) is 8.87. The molecule has 15 heavy (non-hydrogen) atoms. The van der Waals surface area contributed by atoms with Crippen molar-refractivity contribution in [3.05, 3.63) is 30.3 Å². The molecule has 0 heterocycles. The van der Waals surface area contributed by atoms with Crippen molar-refractivity contribution in [1.82, 2.24) is 0 Å². The second-order valence-electron chi connectivity index (χ2n) is 2.89. The predicted octanol–water partition coefficient (Wildman–Crippen LogP) is 1.93. The molecule has 0 spiro atoms. The monoisotopic (exact) mass is 204 g/mol. The Labute approximate surface area is 88.7 Å². The molecule has 3 nitrogen and oxygen atoms in total. The van der Waals surface area contributed by atoms with Crippen LogP contribution in [0, 0.1) is 11.8 Å². The van der Waals surface area contributed by atoms with Gasteiger partial charge in [-0.2, -0.15) is 0 Å². The molecule has 1 unspecified atom stereocenters. The molecule has 0 bridgehead atoms. The molecule has 0 aliphatic carbocycles. The van der Waals surface area contributed by atoms with Crippen LogP contribution in [0.4, 0.5) is 0 Å². The molecular weight excluding hydrogens is 192 g/mol. The zero-order valence-corrected chi connectivity index (χ0v) is 8.43. The van der Waals surface area contributed by atoms with E-state index in [-0.39, 0.29) is 6.42 Å². The summed E-state index contributed by atoms with van der Waals surface area (Å²) in [5.74, 6) is 4.89. The van der Waals surface area contributed by atoms with Crippen molar-refractivity contribution in [3.63, 3.8) is 0 Å². The van der Waals surface area contributed by atoms with E-state index in [0.29, 0.717) is 5.75 Å². The van der Waals surface area contributed by atoms with E-state index in [1.54, 1.807) is 31.2 Å². The number of carbonyl (C=O) groups is 1. The SMILES string of the molecule is CC#CCC(Oc1ccccc1)C(=O)O. The number of hydrogen-bond acceptors (Lipinski definition) is 2. The normalized spacial score (nSPS) is 11.0. The summed E-state index contributed by atoms with van der Waals surface area (Å²) in [7, 11) is 0. The zero-order chi connectivity index (χ0) is 11.1. The fraction of sp³-hybridized carbons (Fsp3) is 0.250. The van der Waals surface area contributed by atoms with E-state index in [1.807, 2.05) is 6.07 Å². The van der Waals surface area contributed by atoms with Crippen molar-refractivity contribution in [1.29, 1.82) is 0 Å². The number of carboxylic acid groups (broad SMARTS) is 1. The van der Waals surface area contributed by atoms with Crippen LogP contribution >= 0.6 is 0 Å². The molecule has 78 valence electrons. The van der Waals surface area contributed by atoms with E-state index in [4.69, 9.17) is 9.84 Å². The summed E-state index contributed by atoms with van der Waals surface area (Å²) in [6.45, 7) is 1.67. The Hall–Kier alpha value is -1.95. The average Bonchev–Trinajstić information content (AvgIpc) is 2.25. The summed E-state index contributed by atoms with van der Waals surface area (Å²) < 4.78 is 5.28. The summed E-state index contributed by atoms with van der Waals surface area (Å²) in [4.78, 5) is 10.8. The van der Waals surface area contributed by atoms with E-state index < -0.39 is 12.1 Å². The van der Waals surface area contributed by atoms with Crippen LogP contribution in [0.1, 0.15) is 13.3 Å². The summed E-state index contributed by atoms with van der Waals surface area (Å²) >= 11 is 0. The maximum absolute atomic E-state index is 10.8. The number of ether oxygens (including phenoxy) is 1. The van der Waals surface area contributed by atoms with Gasteiger partial charge in [-0.05, 0) is 19.1 Å². The molecule has 1 N–H and O–H groups in total. The number of hydrogen-bond donors (Lipinski definition) is 1. The van der Waals surface area contributed by atoms with Crippen LogP contribution in [0.3, 0.4) is 0 Å². The van der Waals surface area contributed by atoms with Crippen LogP contribution in [0.2, 0.25) is 0 Å². The van der Waals surface area contributed by atoms with E-state index in [9.17, 15) is 4.79 Å². The van der Waals surface area contributed by atoms with Crippen molar-refractivity contribution < 1.29 is 14.6 Å². The third-order valence-corrected chi connectivity index (χ3v) is 1.76. The van der Waals surface area contributed by atoms with E-state index in [2.05, 4.69) is 11.8 Å². The van der Waals surface area contributed by atoms with E-state index >= 15 is 0 Å². The third kappa shape index (κ3) is 3.74. The van der Waals surface area contributed by atoms with Crippen molar-refractivity contribution in [2.24, 2.45) is 0 Å². The molecular formula is C12H12O3. The Balaban J connectivity index is 2.65. The smallest absolute Gasteiger partial charge is 0.345 e. The largest absolute Gasteiger partial charge is 0.478 e. The molecule has 0 fully saturated rings. The highest BCUT2D eigenvalue weighted by Gasteiger charge is 2.17. The maximum Gasteiger partial charge on any atom is 0.345 e. The molecule has 0 saturated carbocycles. The van der Waals surface area contributed by atoms with Crippen LogP contribution in [0.5, 0.6) is 5.75 Å². The quantitative estimate of drug-likeness (QED) is 0.762.